The van der Waals surface area contributed by atoms with Gasteiger partial charge in [0, 0.05) is 105 Å². The molecule has 0 radical (unpaired) electrons. The first kappa shape index (κ1) is 35.4. The molecule has 2 aromatic heterocycles. The number of carbonyl (C=O) groups is 3. The van der Waals surface area contributed by atoms with Crippen LogP contribution in [0.2, 0.25) is 0 Å². The fourth-order valence-electron chi connectivity index (χ4n) is 7.82. The molecule has 56 heavy (non-hydrogen) atoms. The Labute approximate surface area is 322 Å². The highest BCUT2D eigenvalue weighted by molar-refractivity contribution is 6.05. The van der Waals surface area contributed by atoms with Crippen LogP contribution in [0.5, 0.6) is 5.88 Å². The molecular weight excluding hydrogens is 716 g/mol. The predicted octanol–water partition coefficient (Wildman–Crippen LogP) is 4.71. The molecule has 3 N–H and O–H groups in total. The molecule has 4 aliphatic heterocycles. The fourth-order valence-corrected chi connectivity index (χ4v) is 7.82. The molecule has 5 aromatic rings. The average molecular weight is 757 g/mol. The van der Waals surface area contributed by atoms with Crippen LogP contribution in [0.3, 0.4) is 0 Å². The Morgan fingerprint density at radius 1 is 0.946 bits per heavy atom. The number of aromatic nitrogens is 3. The van der Waals surface area contributed by atoms with Gasteiger partial charge in [0.1, 0.15) is 18.1 Å². The zero-order chi connectivity index (χ0) is 38.3. The maximum Gasteiger partial charge on any atom is 0.328 e. The summed E-state index contributed by atoms with van der Waals surface area (Å²) in [7, 11) is 0. The van der Waals surface area contributed by atoms with Gasteiger partial charge in [-0.1, -0.05) is 18.2 Å². The van der Waals surface area contributed by atoms with Gasteiger partial charge in [-0.2, -0.15) is 0 Å². The van der Waals surface area contributed by atoms with Crippen molar-refractivity contribution in [1.82, 2.24) is 30.1 Å². The quantitative estimate of drug-likeness (QED) is 0.202. The van der Waals surface area contributed by atoms with E-state index in [2.05, 4.69) is 35.7 Å². The molecule has 4 aliphatic rings. The molecule has 14 nitrogen and oxygen atoms in total. The lowest BCUT2D eigenvalue weighted by Gasteiger charge is -2.49. The van der Waals surface area contributed by atoms with Gasteiger partial charge in [0.05, 0.1) is 11.9 Å². The third-order valence-corrected chi connectivity index (χ3v) is 11.1. The molecule has 0 spiro atoms. The van der Waals surface area contributed by atoms with Crippen molar-refractivity contribution < 1.29 is 23.5 Å². The minimum absolute atomic E-state index is 0.0113. The van der Waals surface area contributed by atoms with Crippen LogP contribution < -0.4 is 30.5 Å². The van der Waals surface area contributed by atoms with Gasteiger partial charge in [-0.05, 0) is 66.1 Å². The third-order valence-electron chi connectivity index (χ3n) is 11.1. The standard InChI is InChI=1S/C41H41FN10O4/c1-25-33(22-44-39-38(25)43-11-17-56-39)26-2-3-28-21-45-40(47-35(28)18-26)46-29-5-4-27(34(42)20-29)19-37(54)50-15-13-49(14-16-50)32-23-51(24-32)30-6-8-31(9-7-30)52-12-10-36(53)48-41(52)55/h2-9,18,20-22,32,43H,10-17,19,23-24H2,1H3,(H,45,46,47)(H,48,53,55). The van der Waals surface area contributed by atoms with E-state index < -0.39 is 5.82 Å². The highest BCUT2D eigenvalue weighted by Gasteiger charge is 2.35. The van der Waals surface area contributed by atoms with Crippen molar-refractivity contribution in [3.05, 3.63) is 90.0 Å². The van der Waals surface area contributed by atoms with Gasteiger partial charge in [0.2, 0.25) is 23.6 Å². The zero-order valence-electron chi connectivity index (χ0n) is 30.9. The molecule has 0 bridgehead atoms. The molecule has 6 heterocycles. The van der Waals surface area contributed by atoms with E-state index in [9.17, 15) is 14.4 Å². The first-order valence-corrected chi connectivity index (χ1v) is 18.9. The van der Waals surface area contributed by atoms with E-state index in [1.54, 1.807) is 23.2 Å². The smallest absolute Gasteiger partial charge is 0.328 e. The van der Waals surface area contributed by atoms with E-state index in [-0.39, 0.29) is 24.3 Å². The highest BCUT2D eigenvalue weighted by atomic mass is 19.1. The monoisotopic (exact) mass is 756 g/mol. The second kappa shape index (κ2) is 14.7. The van der Waals surface area contributed by atoms with Crippen molar-refractivity contribution in [1.29, 1.82) is 0 Å². The summed E-state index contributed by atoms with van der Waals surface area (Å²) < 4.78 is 21.0. The lowest BCUT2D eigenvalue weighted by Crippen LogP contribution is -2.63. The van der Waals surface area contributed by atoms with Gasteiger partial charge in [0.15, 0.2) is 0 Å². The van der Waals surface area contributed by atoms with Crippen LogP contribution in [0.15, 0.2) is 73.1 Å². The van der Waals surface area contributed by atoms with E-state index in [1.807, 2.05) is 60.5 Å². The van der Waals surface area contributed by atoms with Crippen LogP contribution >= 0.6 is 0 Å². The second-order valence-corrected chi connectivity index (χ2v) is 14.6. The number of rotatable bonds is 8. The summed E-state index contributed by atoms with van der Waals surface area (Å²) in [5.41, 5.74) is 7.30. The Balaban J connectivity index is 0.766. The molecule has 0 unspecified atom stereocenters. The summed E-state index contributed by atoms with van der Waals surface area (Å²) in [4.78, 5) is 58.7. The minimum atomic E-state index is -0.463. The minimum Gasteiger partial charge on any atom is -0.474 e. The van der Waals surface area contributed by atoms with Crippen molar-refractivity contribution in [3.8, 4) is 17.0 Å². The number of hydrogen-bond donors (Lipinski definition) is 3. The maximum atomic E-state index is 15.4. The fraction of sp³-hybridized carbons (Fsp3) is 0.317. The lowest BCUT2D eigenvalue weighted by molar-refractivity contribution is -0.132. The summed E-state index contributed by atoms with van der Waals surface area (Å²) in [6, 6.07) is 18.6. The molecule has 286 valence electrons. The van der Waals surface area contributed by atoms with Gasteiger partial charge in [0.25, 0.3) is 0 Å². The van der Waals surface area contributed by atoms with Crippen LogP contribution in [-0.4, -0.2) is 108 Å². The predicted molar refractivity (Wildman–Crippen MR) is 211 cm³/mol. The van der Waals surface area contributed by atoms with E-state index >= 15 is 4.39 Å². The van der Waals surface area contributed by atoms with Crippen LogP contribution in [0.4, 0.5) is 37.9 Å². The molecule has 9 rings (SSSR count). The molecule has 0 atom stereocenters. The van der Waals surface area contributed by atoms with Gasteiger partial charge in [-0.3, -0.25) is 24.7 Å². The molecule has 3 fully saturated rings. The van der Waals surface area contributed by atoms with Gasteiger partial charge >= 0.3 is 6.03 Å². The number of anilines is 5. The van der Waals surface area contributed by atoms with Crippen molar-refractivity contribution in [2.24, 2.45) is 0 Å². The summed E-state index contributed by atoms with van der Waals surface area (Å²) in [6.07, 6.45) is 3.83. The summed E-state index contributed by atoms with van der Waals surface area (Å²) in [5, 5.41) is 9.73. The summed E-state index contributed by atoms with van der Waals surface area (Å²) in [6.45, 7) is 8.21. The zero-order valence-corrected chi connectivity index (χ0v) is 30.9. The lowest BCUT2D eigenvalue weighted by atomic mass is 10.00. The number of urea groups is 1. The number of fused-ring (bicyclic) bond motifs is 2. The number of halogens is 1. The molecule has 3 saturated heterocycles. The first-order chi connectivity index (χ1) is 27.3. The van der Waals surface area contributed by atoms with E-state index in [4.69, 9.17) is 9.72 Å². The molecular formula is C41H41FN10O4. The number of carbonyl (C=O) groups excluding carboxylic acids is 3. The van der Waals surface area contributed by atoms with Gasteiger partial charge in [-0.25, -0.2) is 24.1 Å². The largest absolute Gasteiger partial charge is 0.474 e. The van der Waals surface area contributed by atoms with E-state index in [1.165, 1.54) is 6.07 Å². The van der Waals surface area contributed by atoms with Gasteiger partial charge in [-0.15, -0.1) is 0 Å². The number of nitrogens with zero attached hydrogens (tertiary/aromatic N) is 7. The van der Waals surface area contributed by atoms with Crippen LogP contribution in [-0.2, 0) is 16.0 Å². The van der Waals surface area contributed by atoms with Crippen molar-refractivity contribution >= 4 is 57.4 Å². The number of hydrogen-bond acceptors (Lipinski definition) is 11. The van der Waals surface area contributed by atoms with Crippen molar-refractivity contribution in [2.75, 3.05) is 79.4 Å². The molecule has 4 amide bonds. The Morgan fingerprint density at radius 3 is 2.54 bits per heavy atom. The van der Waals surface area contributed by atoms with Crippen LogP contribution in [0.1, 0.15) is 17.5 Å². The number of piperazine rings is 1. The molecule has 3 aromatic carbocycles. The first-order valence-electron chi connectivity index (χ1n) is 18.9. The summed E-state index contributed by atoms with van der Waals surface area (Å²) in [5.74, 6) is 0.145. The Kier molecular flexibility index (Phi) is 9.29. The normalized spacial score (nSPS) is 17.5. The van der Waals surface area contributed by atoms with Crippen molar-refractivity contribution in [3.63, 3.8) is 0 Å². The molecule has 0 saturated carbocycles. The molecule has 15 heteroatoms. The molecule has 0 aliphatic carbocycles. The highest BCUT2D eigenvalue weighted by Crippen LogP contribution is 2.36. The Bertz CT molecular complexity index is 2340. The van der Waals surface area contributed by atoms with E-state index in [0.717, 1.165) is 77.4 Å². The Morgan fingerprint density at radius 2 is 1.75 bits per heavy atom. The number of benzene rings is 3. The second-order valence-electron chi connectivity index (χ2n) is 14.6. The number of ether oxygens (including phenoxy) is 1. The third kappa shape index (κ3) is 7.01. The summed E-state index contributed by atoms with van der Waals surface area (Å²) >= 11 is 0. The average Bonchev–Trinajstić information content (AvgIpc) is 3.19. The van der Waals surface area contributed by atoms with Crippen LogP contribution in [0, 0.1) is 12.7 Å². The topological polar surface area (TPSA) is 148 Å². The van der Waals surface area contributed by atoms with Crippen LogP contribution in [0.25, 0.3) is 22.0 Å². The Hall–Kier alpha value is -6.35. The van der Waals surface area contributed by atoms with E-state index in [0.29, 0.717) is 61.8 Å². The maximum absolute atomic E-state index is 15.4. The number of pyridine rings is 1. The number of amides is 4. The number of nitrogens with one attached hydrogen (secondary N) is 3. The number of imide groups is 1. The SMILES string of the molecule is Cc1c(-c2ccc3cnc(Nc4ccc(CC(=O)N5CCN(C6CN(c7ccc(N8CCC(=O)NC8=O)cc7)C6)CC5)c(F)c4)nc3c2)cnc2c1NCCO2. The van der Waals surface area contributed by atoms with Crippen molar-refractivity contribution in [2.45, 2.75) is 25.8 Å². The van der Waals surface area contributed by atoms with Gasteiger partial charge < -0.3 is 25.2 Å².